The number of benzene rings is 2. The maximum absolute atomic E-state index is 13.9. The predicted molar refractivity (Wildman–Crippen MR) is 156 cm³/mol. The molecule has 7 rings (SSSR count). The van der Waals surface area contributed by atoms with Crippen LogP contribution in [0.1, 0.15) is 68.5 Å². The number of hydrogen-bond acceptors (Lipinski definition) is 9. The number of nitrogens with one attached hydrogen (secondary N) is 2. The maximum Gasteiger partial charge on any atom is 0.248 e. The molecule has 10 nitrogen and oxygen atoms in total. The summed E-state index contributed by atoms with van der Waals surface area (Å²) in [7, 11) is 0. The van der Waals surface area contributed by atoms with Crippen molar-refractivity contribution < 1.29 is 28.3 Å². The van der Waals surface area contributed by atoms with Crippen LogP contribution in [0.2, 0.25) is 0 Å². The van der Waals surface area contributed by atoms with E-state index in [4.69, 9.17) is 18.6 Å². The summed E-state index contributed by atoms with van der Waals surface area (Å²) in [5.74, 6) is 0.0395. The van der Waals surface area contributed by atoms with E-state index in [9.17, 15) is 14.7 Å². The van der Waals surface area contributed by atoms with E-state index in [1.165, 1.54) is 6.26 Å². The molecule has 1 amide bonds. The van der Waals surface area contributed by atoms with Gasteiger partial charge in [0.25, 0.3) is 0 Å². The van der Waals surface area contributed by atoms with Gasteiger partial charge in [0.2, 0.25) is 17.7 Å². The van der Waals surface area contributed by atoms with Crippen molar-refractivity contribution in [2.24, 2.45) is 17.8 Å². The minimum atomic E-state index is -1.15. The van der Waals surface area contributed by atoms with Gasteiger partial charge < -0.3 is 29.3 Å². The Morgan fingerprint density at radius 2 is 1.93 bits per heavy atom. The standard InChI is InChI=1S/C33H34N4O6/c1-16(2)25-31-37-26(30-34-11-12-41-30)28(43-31)33-20-7-5-6-8-22(20)35-32(33)42-24-10-9-18(14-21(24)33)13-19(29(40)36-25)15-23(38)27(39)17(3)4/h5-12,14,16-17,19,25,27,32,35,39H,13,15H2,1-4H3,(H,36,40)/t19-,25+,27+,32+,33?/m1/s1. The molecule has 4 aromatic rings. The lowest BCUT2D eigenvalue weighted by Gasteiger charge is -2.28. The van der Waals surface area contributed by atoms with E-state index in [0.717, 1.165) is 22.4 Å². The second-order valence-electron chi connectivity index (χ2n) is 12.4. The summed E-state index contributed by atoms with van der Waals surface area (Å²) in [5, 5.41) is 17.2. The van der Waals surface area contributed by atoms with Crippen molar-refractivity contribution in [1.82, 2.24) is 15.3 Å². The monoisotopic (exact) mass is 582 g/mol. The molecule has 3 N–H and O–H groups in total. The number of amides is 1. The van der Waals surface area contributed by atoms with Crippen molar-refractivity contribution >= 4 is 17.4 Å². The molecule has 1 unspecified atom stereocenters. The molecular weight excluding hydrogens is 548 g/mol. The molecule has 5 heterocycles. The lowest BCUT2D eigenvalue weighted by molar-refractivity contribution is -0.135. The highest BCUT2D eigenvalue weighted by atomic mass is 16.5. The fourth-order valence-electron chi connectivity index (χ4n) is 6.64. The number of carbonyl (C=O) groups is 2. The molecule has 5 atom stereocenters. The van der Waals surface area contributed by atoms with Crippen LogP contribution in [0, 0.1) is 17.8 Å². The van der Waals surface area contributed by atoms with Gasteiger partial charge in [-0.15, -0.1) is 0 Å². The Hall–Kier alpha value is -4.44. The lowest BCUT2D eigenvalue weighted by Crippen LogP contribution is -2.41. The number of para-hydroxylation sites is 1. The number of carbonyl (C=O) groups excluding carboxylic acids is 2. The van der Waals surface area contributed by atoms with Crippen LogP contribution in [0.15, 0.2) is 63.8 Å². The molecule has 2 aromatic heterocycles. The largest absolute Gasteiger partial charge is 0.469 e. The SMILES string of the molecule is CC(C)[C@H](O)C(=O)C[C@H]1Cc2ccc3c(c2)C2(c4ccccc4N[C@H]2O3)c2oc(nc2-c2ncco2)[C@H](C(C)C)NC1=O. The number of nitrogens with zero attached hydrogens (tertiary/aromatic N) is 2. The average molecular weight is 583 g/mol. The minimum absolute atomic E-state index is 0.0971. The van der Waals surface area contributed by atoms with Crippen LogP contribution in [0.25, 0.3) is 11.6 Å². The van der Waals surface area contributed by atoms with Gasteiger partial charge in [-0.25, -0.2) is 9.97 Å². The molecule has 0 saturated carbocycles. The van der Waals surface area contributed by atoms with Crippen molar-refractivity contribution in [3.8, 4) is 17.3 Å². The quantitative estimate of drug-likeness (QED) is 0.293. The average Bonchev–Trinajstić information content (AvgIpc) is 3.76. The number of hydrogen-bond donors (Lipinski definition) is 3. The Bertz CT molecular complexity index is 1710. The number of aliphatic hydroxyl groups is 1. The molecule has 222 valence electrons. The maximum atomic E-state index is 13.9. The van der Waals surface area contributed by atoms with Gasteiger partial charge in [0.1, 0.15) is 29.6 Å². The third kappa shape index (κ3) is 4.18. The molecule has 0 fully saturated rings. The Balaban J connectivity index is 1.47. The molecule has 2 aromatic carbocycles. The molecule has 3 aliphatic rings. The predicted octanol–water partition coefficient (Wildman–Crippen LogP) is 4.77. The van der Waals surface area contributed by atoms with Crippen LogP contribution in [0.4, 0.5) is 5.69 Å². The van der Waals surface area contributed by atoms with E-state index in [-0.39, 0.29) is 29.9 Å². The van der Waals surface area contributed by atoms with Gasteiger partial charge in [-0.05, 0) is 41.5 Å². The van der Waals surface area contributed by atoms with Gasteiger partial charge >= 0.3 is 0 Å². The highest BCUT2D eigenvalue weighted by Gasteiger charge is 2.61. The first-order valence-electron chi connectivity index (χ1n) is 14.8. The summed E-state index contributed by atoms with van der Waals surface area (Å²) in [6, 6.07) is 13.3. The van der Waals surface area contributed by atoms with Gasteiger partial charge in [-0.3, -0.25) is 9.59 Å². The Morgan fingerprint density at radius 3 is 2.67 bits per heavy atom. The van der Waals surface area contributed by atoms with E-state index >= 15 is 0 Å². The third-order valence-electron chi connectivity index (χ3n) is 8.87. The topological polar surface area (TPSA) is 140 Å². The summed E-state index contributed by atoms with van der Waals surface area (Å²) in [5.41, 5.74) is 3.07. The normalized spacial score (nSPS) is 24.3. The van der Waals surface area contributed by atoms with Crippen LogP contribution in [0.3, 0.4) is 0 Å². The summed E-state index contributed by atoms with van der Waals surface area (Å²) < 4.78 is 19.1. The van der Waals surface area contributed by atoms with Crippen LogP contribution in [0.5, 0.6) is 5.75 Å². The Labute approximate surface area is 248 Å². The smallest absolute Gasteiger partial charge is 0.248 e. The van der Waals surface area contributed by atoms with E-state index in [1.807, 2.05) is 50.2 Å². The zero-order chi connectivity index (χ0) is 30.0. The number of aromatic nitrogens is 2. The first kappa shape index (κ1) is 27.4. The number of fused-ring (bicyclic) bond motifs is 4. The zero-order valence-corrected chi connectivity index (χ0v) is 24.5. The Kier molecular flexibility index (Phi) is 6.42. The third-order valence-corrected chi connectivity index (χ3v) is 8.87. The molecular formula is C33H34N4O6. The van der Waals surface area contributed by atoms with Gasteiger partial charge in [0, 0.05) is 23.6 Å². The number of ketones is 1. The molecule has 0 saturated heterocycles. The molecule has 1 spiro atoms. The van der Waals surface area contributed by atoms with Crippen molar-refractivity contribution in [1.29, 1.82) is 0 Å². The molecule has 4 bridgehead atoms. The van der Waals surface area contributed by atoms with Crippen LogP contribution in [-0.2, 0) is 21.4 Å². The molecule has 43 heavy (non-hydrogen) atoms. The second-order valence-corrected chi connectivity index (χ2v) is 12.4. The first-order chi connectivity index (χ1) is 20.7. The number of oxazole rings is 2. The van der Waals surface area contributed by atoms with Crippen molar-refractivity contribution in [3.05, 3.63) is 83.3 Å². The van der Waals surface area contributed by atoms with E-state index in [1.54, 1.807) is 20.0 Å². The number of anilines is 1. The van der Waals surface area contributed by atoms with Gasteiger partial charge in [0.05, 0.1) is 6.20 Å². The summed E-state index contributed by atoms with van der Waals surface area (Å²) in [4.78, 5) is 36.4. The summed E-state index contributed by atoms with van der Waals surface area (Å²) >= 11 is 0. The van der Waals surface area contributed by atoms with Crippen molar-refractivity contribution in [2.75, 3.05) is 5.32 Å². The molecule has 0 radical (unpaired) electrons. The zero-order valence-electron chi connectivity index (χ0n) is 24.5. The van der Waals surface area contributed by atoms with Gasteiger partial charge in [0.15, 0.2) is 23.5 Å². The number of ether oxygens (including phenoxy) is 1. The molecule has 10 heteroatoms. The number of Topliss-reactive ketones (excluding diaryl/α,β-unsaturated/α-hetero) is 1. The van der Waals surface area contributed by atoms with E-state index in [2.05, 4.69) is 21.7 Å². The van der Waals surface area contributed by atoms with E-state index in [0.29, 0.717) is 35.4 Å². The van der Waals surface area contributed by atoms with Crippen LogP contribution in [-0.4, -0.2) is 39.1 Å². The highest BCUT2D eigenvalue weighted by molar-refractivity contribution is 5.89. The van der Waals surface area contributed by atoms with E-state index < -0.39 is 29.7 Å². The summed E-state index contributed by atoms with van der Waals surface area (Å²) in [6.07, 6.45) is 1.56. The highest BCUT2D eigenvalue weighted by Crippen LogP contribution is 2.59. The van der Waals surface area contributed by atoms with Crippen molar-refractivity contribution in [2.45, 2.75) is 64.3 Å². The fourth-order valence-corrected chi connectivity index (χ4v) is 6.64. The Morgan fingerprint density at radius 1 is 1.12 bits per heavy atom. The van der Waals surface area contributed by atoms with Gasteiger partial charge in [-0.2, -0.15) is 0 Å². The van der Waals surface area contributed by atoms with Gasteiger partial charge in [-0.1, -0.05) is 58.0 Å². The second kappa shape index (κ2) is 10.1. The molecule has 0 aliphatic carbocycles. The van der Waals surface area contributed by atoms with Crippen molar-refractivity contribution in [3.63, 3.8) is 0 Å². The number of rotatable bonds is 6. The number of aliphatic hydroxyl groups excluding tert-OH is 1. The first-order valence-corrected chi connectivity index (χ1v) is 14.8. The minimum Gasteiger partial charge on any atom is -0.469 e. The van der Waals surface area contributed by atoms with Crippen LogP contribution >= 0.6 is 0 Å². The lowest BCUT2D eigenvalue weighted by atomic mass is 9.72. The molecule has 3 aliphatic heterocycles. The fraction of sp³-hybridized carbons (Fsp3) is 0.394. The van der Waals surface area contributed by atoms with Crippen LogP contribution < -0.4 is 15.4 Å². The summed E-state index contributed by atoms with van der Waals surface area (Å²) in [6.45, 7) is 7.52.